The van der Waals surface area contributed by atoms with Crippen LogP contribution in [0.15, 0.2) is 36.4 Å². The Morgan fingerprint density at radius 2 is 0.672 bits per heavy atom. The average molecular weight is 871 g/mol. The molecule has 5 rings (SSSR count). The molecule has 8 bridgehead atoms. The zero-order chi connectivity index (χ0) is 44.9. The monoisotopic (exact) mass is 871 g/mol. The minimum Gasteiger partial charge on any atom is -0.355 e. The summed E-state index contributed by atoms with van der Waals surface area (Å²) in [6.45, 7) is 9.27. The van der Waals surface area contributed by atoms with E-state index >= 15 is 0 Å². The van der Waals surface area contributed by atoms with Gasteiger partial charge in [-0.25, -0.2) is 9.97 Å². The predicted molar refractivity (Wildman–Crippen MR) is 284 cm³/mol. The molecule has 5 heterocycles. The topological polar surface area (TPSA) is 57.4 Å². The van der Waals surface area contributed by atoms with Gasteiger partial charge in [0.15, 0.2) is 0 Å². The van der Waals surface area contributed by atoms with Gasteiger partial charge in [0.1, 0.15) is 0 Å². The van der Waals surface area contributed by atoms with Crippen LogP contribution < -0.4 is 0 Å². The lowest BCUT2D eigenvalue weighted by Crippen LogP contribution is -2.08. The number of aromatic amines is 2. The van der Waals surface area contributed by atoms with Crippen molar-refractivity contribution in [2.75, 3.05) is 0 Å². The number of nitrogens with zero attached hydrogens (tertiary/aromatic N) is 2. The molecule has 0 saturated heterocycles. The van der Waals surface area contributed by atoms with Gasteiger partial charge in [0.25, 0.3) is 0 Å². The second-order valence-electron chi connectivity index (χ2n) is 20.2. The number of nitrogens with one attached hydrogen (secondary N) is 2. The zero-order valence-electron chi connectivity index (χ0n) is 41.9. The summed E-state index contributed by atoms with van der Waals surface area (Å²) in [5.74, 6) is 1.35. The Labute approximate surface area is 392 Å². The second kappa shape index (κ2) is 31.5. The Bertz CT molecular complexity index is 1830. The van der Waals surface area contributed by atoms with E-state index < -0.39 is 0 Å². The molecule has 2 N–H and O–H groups in total. The summed E-state index contributed by atoms with van der Waals surface area (Å²) in [6.07, 6.45) is 54.8. The molecule has 64 heavy (non-hydrogen) atoms. The third kappa shape index (κ3) is 19.2. The van der Waals surface area contributed by atoms with Gasteiger partial charge in [0.05, 0.1) is 22.8 Å². The highest BCUT2D eigenvalue weighted by atomic mass is 14.8. The highest BCUT2D eigenvalue weighted by Crippen LogP contribution is 2.31. The summed E-state index contributed by atoms with van der Waals surface area (Å²) in [7, 11) is 0. The summed E-state index contributed by atoms with van der Waals surface area (Å²) in [4.78, 5) is 18.5. The van der Waals surface area contributed by atoms with Crippen LogP contribution in [-0.2, 0) is 12.8 Å². The number of aromatic nitrogens is 4. The fourth-order valence-corrected chi connectivity index (χ4v) is 10.5. The lowest BCUT2D eigenvalue weighted by molar-refractivity contribution is 0.399. The van der Waals surface area contributed by atoms with E-state index in [1.54, 1.807) is 0 Å². The molecular weight excluding hydrogens is 777 g/mol. The fourth-order valence-electron chi connectivity index (χ4n) is 10.5. The van der Waals surface area contributed by atoms with Gasteiger partial charge < -0.3 is 9.97 Å². The van der Waals surface area contributed by atoms with E-state index in [9.17, 15) is 0 Å². The van der Waals surface area contributed by atoms with Crippen LogP contribution >= 0.6 is 0 Å². The first-order valence-corrected chi connectivity index (χ1v) is 27.7. The van der Waals surface area contributed by atoms with Crippen LogP contribution in [0.2, 0.25) is 0 Å². The van der Waals surface area contributed by atoms with Crippen LogP contribution in [0.3, 0.4) is 0 Å². The molecule has 0 radical (unpaired) electrons. The minimum absolute atomic E-state index is 0.659. The molecule has 2 aliphatic heterocycles. The van der Waals surface area contributed by atoms with Crippen molar-refractivity contribution in [3.63, 3.8) is 0 Å². The van der Waals surface area contributed by atoms with Gasteiger partial charge in [-0.15, -0.1) is 0 Å². The van der Waals surface area contributed by atoms with Gasteiger partial charge in [-0.3, -0.25) is 0 Å². The van der Waals surface area contributed by atoms with Crippen LogP contribution in [-0.4, -0.2) is 19.9 Å². The van der Waals surface area contributed by atoms with Gasteiger partial charge in [-0.2, -0.15) is 0 Å². The minimum atomic E-state index is 0.659. The van der Waals surface area contributed by atoms with E-state index in [0.717, 1.165) is 46.7 Å². The maximum absolute atomic E-state index is 5.35. The molecule has 3 aromatic rings. The first kappa shape index (κ1) is 51.6. The van der Waals surface area contributed by atoms with Crippen molar-refractivity contribution in [1.82, 2.24) is 19.9 Å². The fraction of sp³-hybridized carbons (Fsp3) is 0.667. The smallest absolute Gasteiger partial charge is 0.0691 e. The van der Waals surface area contributed by atoms with Crippen molar-refractivity contribution in [2.24, 2.45) is 11.8 Å². The van der Waals surface area contributed by atoms with Crippen molar-refractivity contribution < 1.29 is 0 Å². The van der Waals surface area contributed by atoms with Crippen LogP contribution in [0.25, 0.3) is 46.4 Å². The van der Waals surface area contributed by atoms with Crippen LogP contribution in [0.5, 0.6) is 0 Å². The molecule has 4 nitrogen and oxygen atoms in total. The zero-order valence-corrected chi connectivity index (χ0v) is 41.9. The molecule has 0 aliphatic carbocycles. The molecule has 2 aliphatic rings. The van der Waals surface area contributed by atoms with Crippen LogP contribution in [0, 0.1) is 11.8 Å². The van der Waals surface area contributed by atoms with Crippen molar-refractivity contribution in [3.8, 4) is 0 Å². The Hall–Kier alpha value is -3.40. The highest BCUT2D eigenvalue weighted by Gasteiger charge is 2.19. The van der Waals surface area contributed by atoms with Crippen LogP contribution in [0.4, 0.5) is 0 Å². The Morgan fingerprint density at radius 1 is 0.359 bits per heavy atom. The molecule has 0 saturated carbocycles. The first-order valence-electron chi connectivity index (χ1n) is 27.7. The number of H-pyrrole nitrogens is 2. The lowest BCUT2D eigenvalue weighted by atomic mass is 9.87. The van der Waals surface area contributed by atoms with E-state index in [-0.39, 0.29) is 0 Å². The van der Waals surface area contributed by atoms with Crippen molar-refractivity contribution in [2.45, 2.75) is 246 Å². The molecule has 354 valence electrons. The largest absolute Gasteiger partial charge is 0.355 e. The van der Waals surface area contributed by atoms with Crippen molar-refractivity contribution >= 4 is 46.4 Å². The number of rotatable bonds is 36. The number of hydrogen-bond acceptors (Lipinski definition) is 2. The lowest BCUT2D eigenvalue weighted by Gasteiger charge is -2.18. The van der Waals surface area contributed by atoms with Gasteiger partial charge in [-0.05, 0) is 90.9 Å². The maximum atomic E-state index is 5.35. The Morgan fingerprint density at radius 3 is 1.02 bits per heavy atom. The third-order valence-electron chi connectivity index (χ3n) is 14.5. The second-order valence-corrected chi connectivity index (χ2v) is 20.2. The van der Waals surface area contributed by atoms with Gasteiger partial charge >= 0.3 is 0 Å². The number of hydrogen-bond donors (Lipinski definition) is 2. The normalized spacial score (nSPS) is 13.3. The SMILES string of the molecule is CCCCCCCCCCC(CCCCCCCC)Cc1c2nc(cc3ccc([nH]3)c(CC(CCCCCCCC)CCCCCCCCCC)c3ccc(cc4nc1C=C4)[nH]3)C=C2. The summed E-state index contributed by atoms with van der Waals surface area (Å²) >= 11 is 0. The van der Waals surface area contributed by atoms with Gasteiger partial charge in [-0.1, -0.05) is 233 Å². The van der Waals surface area contributed by atoms with E-state index in [4.69, 9.17) is 9.97 Å². The number of unbranched alkanes of at least 4 members (excludes halogenated alkanes) is 24. The maximum Gasteiger partial charge on any atom is 0.0691 e. The first-order chi connectivity index (χ1) is 31.6. The number of fused-ring (bicyclic) bond motifs is 8. The molecule has 4 heteroatoms. The Kier molecular flexibility index (Phi) is 25.4. The molecule has 3 aromatic heterocycles. The molecule has 0 spiro atoms. The predicted octanol–water partition coefficient (Wildman–Crippen LogP) is 19.5. The summed E-state index contributed by atoms with van der Waals surface area (Å²) in [6, 6.07) is 13.7. The van der Waals surface area contributed by atoms with Crippen molar-refractivity contribution in [3.05, 3.63) is 70.3 Å². The van der Waals surface area contributed by atoms with Crippen LogP contribution in [0.1, 0.15) is 267 Å². The molecule has 0 aromatic carbocycles. The molecule has 0 amide bonds. The third-order valence-corrected chi connectivity index (χ3v) is 14.5. The molecular formula is C60H94N4. The standard InChI is InChI=1S/C60H94N4/c1-5-9-13-17-21-23-27-31-35-49(33-29-25-19-15-11-7-3)45-55-57-41-37-51(61-57)47-53-39-43-59(63-53)56(60-44-40-54(64-60)48-52-38-42-58(55)62-52)46-50(34-30-26-20-16-12-8-4)36-32-28-24-22-18-14-10-6-2/h37-44,47-50,61-62H,5-36,45-46H2,1-4H3. The molecule has 0 fully saturated rings. The average Bonchev–Trinajstić information content (AvgIpc) is 4.15. The molecule has 2 unspecified atom stereocenters. The molecule has 2 atom stereocenters. The summed E-state index contributed by atoms with van der Waals surface area (Å²) in [5.41, 5.74) is 11.7. The Balaban J connectivity index is 1.41. The van der Waals surface area contributed by atoms with Gasteiger partial charge in [0.2, 0.25) is 0 Å². The van der Waals surface area contributed by atoms with E-state index in [1.807, 2.05) is 0 Å². The van der Waals surface area contributed by atoms with E-state index in [2.05, 4.69) is 98.4 Å². The quantitative estimate of drug-likeness (QED) is 0.0394. The van der Waals surface area contributed by atoms with Crippen molar-refractivity contribution in [1.29, 1.82) is 0 Å². The van der Waals surface area contributed by atoms with E-state index in [0.29, 0.717) is 11.8 Å². The summed E-state index contributed by atoms with van der Waals surface area (Å²) < 4.78 is 0. The van der Waals surface area contributed by atoms with E-state index in [1.165, 1.54) is 228 Å². The highest BCUT2D eigenvalue weighted by molar-refractivity contribution is 5.80. The summed E-state index contributed by atoms with van der Waals surface area (Å²) in [5, 5.41) is 0. The van der Waals surface area contributed by atoms with Gasteiger partial charge in [0, 0.05) is 27.6 Å².